The van der Waals surface area contributed by atoms with Crippen LogP contribution in [0.4, 0.5) is 0 Å². The van der Waals surface area contributed by atoms with Gasteiger partial charge in [0.1, 0.15) is 31.0 Å². The van der Waals surface area contributed by atoms with Crippen molar-refractivity contribution in [2.45, 2.75) is 102 Å². The minimum atomic E-state index is -1.55. The molecular formula is C18H34O7. The van der Waals surface area contributed by atoms with Crippen LogP contribution in [0, 0.1) is 0 Å². The van der Waals surface area contributed by atoms with Gasteiger partial charge in [0.25, 0.3) is 0 Å². The lowest BCUT2D eigenvalue weighted by Crippen LogP contribution is -2.41. The highest BCUT2D eigenvalue weighted by Crippen LogP contribution is 2.22. The van der Waals surface area contributed by atoms with Gasteiger partial charge in [-0.1, -0.05) is 58.3 Å². The van der Waals surface area contributed by atoms with Crippen LogP contribution in [0.2, 0.25) is 0 Å². The summed E-state index contributed by atoms with van der Waals surface area (Å²) < 4.78 is 9.82. The molecule has 7 nitrogen and oxygen atoms in total. The highest BCUT2D eigenvalue weighted by atomic mass is 16.7. The summed E-state index contributed by atoms with van der Waals surface area (Å²) >= 11 is 0. The van der Waals surface area contributed by atoms with E-state index in [-0.39, 0.29) is 6.61 Å². The van der Waals surface area contributed by atoms with Crippen molar-refractivity contribution in [1.82, 2.24) is 0 Å². The SMILES string of the molecule is CCCCCCCCCCCC(=O)OC[C@@H](O)[C@H]1O[C@@H](O)[C@H](O)[C@@H]1O. The monoisotopic (exact) mass is 362 g/mol. The molecule has 1 fully saturated rings. The van der Waals surface area contributed by atoms with Crippen molar-refractivity contribution in [1.29, 1.82) is 0 Å². The third-order valence-corrected chi connectivity index (χ3v) is 4.55. The number of carbonyl (C=O) groups excluding carboxylic acids is 1. The van der Waals surface area contributed by atoms with Crippen LogP contribution in [-0.4, -0.2) is 63.7 Å². The molecule has 1 rings (SSSR count). The van der Waals surface area contributed by atoms with Gasteiger partial charge in [-0.25, -0.2) is 0 Å². The first-order valence-corrected chi connectivity index (χ1v) is 9.50. The Morgan fingerprint density at radius 2 is 1.52 bits per heavy atom. The second-order valence-electron chi connectivity index (χ2n) is 6.80. The summed E-state index contributed by atoms with van der Waals surface area (Å²) in [6, 6.07) is 0. The predicted molar refractivity (Wildman–Crippen MR) is 91.7 cm³/mol. The molecule has 0 aliphatic carbocycles. The standard InChI is InChI=1S/C18H34O7/c1-2-3-4-5-6-7-8-9-10-11-14(20)24-12-13(19)17-15(21)16(22)18(23)25-17/h13,15-19,21-23H,2-12H2,1H3/t13-,15+,16-,17-,18-/m1/s1. The first kappa shape index (κ1) is 22.3. The predicted octanol–water partition coefficient (Wildman–Crippen LogP) is 1.25. The maximum Gasteiger partial charge on any atom is 0.305 e. The summed E-state index contributed by atoms with van der Waals surface area (Å²) in [6.07, 6.45) is 3.81. The van der Waals surface area contributed by atoms with Gasteiger partial charge in [0.05, 0.1) is 0 Å². The van der Waals surface area contributed by atoms with E-state index in [1.54, 1.807) is 0 Å². The molecule has 5 atom stereocenters. The largest absolute Gasteiger partial charge is 0.463 e. The maximum absolute atomic E-state index is 11.6. The summed E-state index contributed by atoms with van der Waals surface area (Å²) in [5.74, 6) is -0.407. The Bertz CT molecular complexity index is 363. The van der Waals surface area contributed by atoms with Crippen molar-refractivity contribution in [2.24, 2.45) is 0 Å². The molecule has 0 aromatic rings. The van der Waals surface area contributed by atoms with E-state index in [2.05, 4.69) is 6.92 Å². The number of hydrogen-bond acceptors (Lipinski definition) is 7. The molecule has 0 bridgehead atoms. The molecule has 148 valence electrons. The highest BCUT2D eigenvalue weighted by Gasteiger charge is 2.45. The smallest absolute Gasteiger partial charge is 0.305 e. The van der Waals surface area contributed by atoms with Gasteiger partial charge >= 0.3 is 5.97 Å². The van der Waals surface area contributed by atoms with Crippen molar-refractivity contribution in [3.8, 4) is 0 Å². The Kier molecular flexibility index (Phi) is 11.2. The van der Waals surface area contributed by atoms with Crippen LogP contribution in [0.3, 0.4) is 0 Å². The lowest BCUT2D eigenvalue weighted by molar-refractivity contribution is -0.163. The Morgan fingerprint density at radius 1 is 0.960 bits per heavy atom. The molecule has 1 aliphatic rings. The van der Waals surface area contributed by atoms with E-state index in [0.29, 0.717) is 6.42 Å². The average molecular weight is 362 g/mol. The maximum atomic E-state index is 11.6. The van der Waals surface area contributed by atoms with Crippen LogP contribution in [0.15, 0.2) is 0 Å². The third-order valence-electron chi connectivity index (χ3n) is 4.55. The van der Waals surface area contributed by atoms with Crippen LogP contribution in [0.5, 0.6) is 0 Å². The number of hydrogen-bond donors (Lipinski definition) is 4. The molecule has 0 aromatic carbocycles. The second-order valence-corrected chi connectivity index (χ2v) is 6.80. The fraction of sp³-hybridized carbons (Fsp3) is 0.944. The van der Waals surface area contributed by atoms with E-state index in [1.807, 2.05) is 0 Å². The number of carbonyl (C=O) groups is 1. The zero-order chi connectivity index (χ0) is 18.7. The van der Waals surface area contributed by atoms with Gasteiger partial charge in [-0.05, 0) is 6.42 Å². The fourth-order valence-electron chi connectivity index (χ4n) is 2.93. The number of rotatable bonds is 13. The van der Waals surface area contributed by atoms with Crippen LogP contribution in [0.25, 0.3) is 0 Å². The number of esters is 1. The number of unbranched alkanes of at least 4 members (excludes halogenated alkanes) is 8. The van der Waals surface area contributed by atoms with Crippen molar-refractivity contribution in [3.63, 3.8) is 0 Å². The summed E-state index contributed by atoms with van der Waals surface area (Å²) in [7, 11) is 0. The number of ether oxygens (including phenoxy) is 2. The summed E-state index contributed by atoms with van der Waals surface area (Å²) in [4.78, 5) is 11.6. The van der Waals surface area contributed by atoms with E-state index in [1.165, 1.54) is 38.5 Å². The quantitative estimate of drug-likeness (QED) is 0.288. The molecule has 4 N–H and O–H groups in total. The van der Waals surface area contributed by atoms with Gasteiger partial charge < -0.3 is 29.9 Å². The fourth-order valence-corrected chi connectivity index (χ4v) is 2.93. The zero-order valence-electron chi connectivity index (χ0n) is 15.2. The Hall–Kier alpha value is -0.730. The molecule has 0 radical (unpaired) electrons. The molecular weight excluding hydrogens is 328 g/mol. The number of aliphatic hydroxyl groups is 4. The first-order valence-electron chi connectivity index (χ1n) is 9.50. The number of aliphatic hydroxyl groups excluding tert-OH is 4. The van der Waals surface area contributed by atoms with Gasteiger partial charge in [0.15, 0.2) is 6.29 Å². The normalized spacial score (nSPS) is 27.4. The van der Waals surface area contributed by atoms with E-state index in [0.717, 1.165) is 19.3 Å². The molecule has 0 unspecified atom stereocenters. The van der Waals surface area contributed by atoms with Gasteiger partial charge in [-0.2, -0.15) is 0 Å². The van der Waals surface area contributed by atoms with Gasteiger partial charge in [-0.3, -0.25) is 4.79 Å². The van der Waals surface area contributed by atoms with Crippen LogP contribution in [-0.2, 0) is 14.3 Å². The lowest BCUT2D eigenvalue weighted by Gasteiger charge is -2.20. The Balaban J connectivity index is 2.02. The molecule has 1 aliphatic heterocycles. The molecule has 25 heavy (non-hydrogen) atoms. The Morgan fingerprint density at radius 3 is 2.04 bits per heavy atom. The van der Waals surface area contributed by atoms with Crippen molar-refractivity contribution >= 4 is 5.97 Å². The topological polar surface area (TPSA) is 116 Å². The van der Waals surface area contributed by atoms with E-state index in [4.69, 9.17) is 9.47 Å². The van der Waals surface area contributed by atoms with Gasteiger partial charge in [0.2, 0.25) is 0 Å². The zero-order valence-corrected chi connectivity index (χ0v) is 15.2. The third kappa shape index (κ3) is 8.46. The van der Waals surface area contributed by atoms with E-state index >= 15 is 0 Å². The highest BCUT2D eigenvalue weighted by molar-refractivity contribution is 5.69. The van der Waals surface area contributed by atoms with Crippen molar-refractivity contribution in [2.75, 3.05) is 6.61 Å². The first-order chi connectivity index (χ1) is 12.0. The minimum absolute atomic E-state index is 0.294. The molecule has 1 heterocycles. The van der Waals surface area contributed by atoms with E-state index in [9.17, 15) is 25.2 Å². The summed E-state index contributed by atoms with van der Waals surface area (Å²) in [5, 5.41) is 38.1. The van der Waals surface area contributed by atoms with Gasteiger partial charge in [-0.15, -0.1) is 0 Å². The van der Waals surface area contributed by atoms with Crippen molar-refractivity contribution < 1.29 is 34.7 Å². The van der Waals surface area contributed by atoms with Crippen LogP contribution in [0.1, 0.15) is 71.1 Å². The summed E-state index contributed by atoms with van der Waals surface area (Å²) in [5.41, 5.74) is 0. The second kappa shape index (κ2) is 12.6. The van der Waals surface area contributed by atoms with E-state index < -0.39 is 36.7 Å². The van der Waals surface area contributed by atoms with Crippen LogP contribution < -0.4 is 0 Å². The van der Waals surface area contributed by atoms with Gasteiger partial charge in [0, 0.05) is 6.42 Å². The molecule has 1 saturated heterocycles. The molecule has 7 heteroatoms. The average Bonchev–Trinajstić information content (AvgIpc) is 2.85. The lowest BCUT2D eigenvalue weighted by atomic mass is 10.1. The van der Waals surface area contributed by atoms with Crippen LogP contribution >= 0.6 is 0 Å². The molecule has 0 saturated carbocycles. The van der Waals surface area contributed by atoms with Crippen molar-refractivity contribution in [3.05, 3.63) is 0 Å². The molecule has 0 spiro atoms. The Labute approximate surface area is 150 Å². The summed E-state index contributed by atoms with van der Waals surface area (Å²) in [6.45, 7) is 1.87. The molecule has 0 amide bonds. The molecule has 0 aromatic heterocycles. The minimum Gasteiger partial charge on any atom is -0.463 e.